The lowest BCUT2D eigenvalue weighted by Gasteiger charge is -2.22. The van der Waals surface area contributed by atoms with Crippen LogP contribution in [-0.2, 0) is 9.59 Å². The molecule has 0 radical (unpaired) electrons. The van der Waals surface area contributed by atoms with Gasteiger partial charge in [-0.25, -0.2) is 0 Å². The zero-order chi connectivity index (χ0) is 16.4. The van der Waals surface area contributed by atoms with E-state index < -0.39 is 0 Å². The number of halogens is 1. The molecular weight excluding hydrogens is 330 g/mol. The van der Waals surface area contributed by atoms with Crippen LogP contribution in [0.25, 0.3) is 0 Å². The zero-order valence-electron chi connectivity index (χ0n) is 13.8. The Balaban J connectivity index is 0.00000208. The highest BCUT2D eigenvalue weighted by atomic mass is 35.5. The van der Waals surface area contributed by atoms with Crippen molar-refractivity contribution in [2.45, 2.75) is 25.8 Å². The molecule has 0 saturated carbocycles. The van der Waals surface area contributed by atoms with Gasteiger partial charge in [0.05, 0.1) is 18.2 Å². The zero-order valence-corrected chi connectivity index (χ0v) is 14.6. The number of hydrogen-bond donors (Lipinski definition) is 1. The molecule has 1 unspecified atom stereocenters. The second kappa shape index (κ2) is 7.85. The number of carbonyl (C=O) groups excluding carboxylic acids is 2. The molecule has 24 heavy (non-hydrogen) atoms. The average molecular weight is 354 g/mol. The molecule has 7 heteroatoms. The molecule has 132 valence electrons. The third-order valence-electron chi connectivity index (χ3n) is 4.47. The summed E-state index contributed by atoms with van der Waals surface area (Å²) < 4.78 is 5.60. The fraction of sp³-hybridized carbons (Fsp3) is 0.529. The molecule has 2 atom stereocenters. The van der Waals surface area contributed by atoms with Gasteiger partial charge in [0.2, 0.25) is 11.8 Å². The van der Waals surface area contributed by atoms with Crippen LogP contribution in [0.15, 0.2) is 24.3 Å². The maximum atomic E-state index is 12.6. The van der Waals surface area contributed by atoms with Crippen LogP contribution >= 0.6 is 12.4 Å². The standard InChI is InChI=1S/C17H23N3O3.ClH/c1-2-23-15-6-4-3-5-14(15)20-10-12(9-16(20)21)17(22)19-8-7-13(18)11-19;/h3-6,12-13H,2,7-11,18H2,1H3;1H/t12?,13-;/m1./s1. The third kappa shape index (κ3) is 3.65. The SMILES string of the molecule is CCOc1ccccc1N1CC(C(=O)N2CC[C@@H](N)C2)CC1=O.Cl. The summed E-state index contributed by atoms with van der Waals surface area (Å²) in [7, 11) is 0. The highest BCUT2D eigenvalue weighted by Gasteiger charge is 2.39. The lowest BCUT2D eigenvalue weighted by molar-refractivity contribution is -0.134. The summed E-state index contributed by atoms with van der Waals surface area (Å²) in [6.07, 6.45) is 1.09. The molecular formula is C17H24ClN3O3. The summed E-state index contributed by atoms with van der Waals surface area (Å²) in [5.41, 5.74) is 6.62. The van der Waals surface area contributed by atoms with Crippen LogP contribution in [-0.4, -0.2) is 49.0 Å². The van der Waals surface area contributed by atoms with Gasteiger partial charge < -0.3 is 20.3 Å². The molecule has 3 rings (SSSR count). The minimum atomic E-state index is -0.289. The van der Waals surface area contributed by atoms with Crippen molar-refractivity contribution in [2.75, 3.05) is 31.1 Å². The van der Waals surface area contributed by atoms with Gasteiger partial charge in [0.1, 0.15) is 5.75 Å². The molecule has 2 heterocycles. The lowest BCUT2D eigenvalue weighted by Crippen LogP contribution is -2.37. The number of benzene rings is 1. The molecule has 1 aromatic rings. The lowest BCUT2D eigenvalue weighted by atomic mass is 10.1. The van der Waals surface area contributed by atoms with E-state index in [-0.39, 0.29) is 42.6 Å². The first kappa shape index (κ1) is 18.5. The smallest absolute Gasteiger partial charge is 0.228 e. The molecule has 0 aromatic heterocycles. The number of nitrogens with zero attached hydrogens (tertiary/aromatic N) is 2. The van der Waals surface area contributed by atoms with E-state index in [1.165, 1.54) is 0 Å². The second-order valence-corrected chi connectivity index (χ2v) is 6.14. The Kier molecular flexibility index (Phi) is 6.07. The maximum absolute atomic E-state index is 12.6. The van der Waals surface area contributed by atoms with Crippen LogP contribution in [0.3, 0.4) is 0 Å². The van der Waals surface area contributed by atoms with Crippen molar-refractivity contribution >= 4 is 29.9 Å². The molecule has 2 N–H and O–H groups in total. The molecule has 2 fully saturated rings. The van der Waals surface area contributed by atoms with E-state index in [9.17, 15) is 9.59 Å². The summed E-state index contributed by atoms with van der Waals surface area (Å²) in [4.78, 5) is 28.4. The fourth-order valence-corrected chi connectivity index (χ4v) is 3.31. The van der Waals surface area contributed by atoms with Gasteiger partial charge >= 0.3 is 0 Å². The molecule has 2 saturated heterocycles. The van der Waals surface area contributed by atoms with E-state index in [2.05, 4.69) is 0 Å². The van der Waals surface area contributed by atoms with Crippen molar-refractivity contribution in [2.24, 2.45) is 11.7 Å². The predicted octanol–water partition coefficient (Wildman–Crippen LogP) is 1.42. The largest absolute Gasteiger partial charge is 0.492 e. The number of nitrogens with two attached hydrogens (primary N) is 1. The molecule has 2 aliphatic heterocycles. The van der Waals surface area contributed by atoms with Crippen LogP contribution in [0.4, 0.5) is 5.69 Å². The Morgan fingerprint density at radius 3 is 2.75 bits per heavy atom. The van der Waals surface area contributed by atoms with E-state index >= 15 is 0 Å². The van der Waals surface area contributed by atoms with Gasteiger partial charge in [-0.3, -0.25) is 9.59 Å². The third-order valence-corrected chi connectivity index (χ3v) is 4.47. The van der Waals surface area contributed by atoms with Crippen molar-refractivity contribution in [3.05, 3.63) is 24.3 Å². The number of ether oxygens (including phenoxy) is 1. The number of rotatable bonds is 4. The molecule has 6 nitrogen and oxygen atoms in total. The number of amides is 2. The van der Waals surface area contributed by atoms with Gasteiger partial charge in [0.15, 0.2) is 0 Å². The van der Waals surface area contributed by atoms with Crippen LogP contribution in [0, 0.1) is 5.92 Å². The molecule has 0 aliphatic carbocycles. The first-order valence-corrected chi connectivity index (χ1v) is 8.16. The van der Waals surface area contributed by atoms with Gasteiger partial charge in [0, 0.05) is 32.1 Å². The second-order valence-electron chi connectivity index (χ2n) is 6.14. The van der Waals surface area contributed by atoms with Crippen molar-refractivity contribution in [1.82, 2.24) is 4.90 Å². The fourth-order valence-electron chi connectivity index (χ4n) is 3.31. The normalized spacial score (nSPS) is 23.3. The van der Waals surface area contributed by atoms with Crippen LogP contribution in [0.1, 0.15) is 19.8 Å². The topological polar surface area (TPSA) is 75.9 Å². The van der Waals surface area contributed by atoms with Crippen LogP contribution in [0.5, 0.6) is 5.75 Å². The summed E-state index contributed by atoms with van der Waals surface area (Å²) in [6, 6.07) is 7.52. The Morgan fingerprint density at radius 2 is 2.08 bits per heavy atom. The van der Waals surface area contributed by atoms with Crippen molar-refractivity contribution in [3.8, 4) is 5.75 Å². The Labute approximate surface area is 148 Å². The number of hydrogen-bond acceptors (Lipinski definition) is 4. The first-order valence-electron chi connectivity index (χ1n) is 8.16. The number of anilines is 1. The summed E-state index contributed by atoms with van der Waals surface area (Å²) in [5, 5.41) is 0. The van der Waals surface area contributed by atoms with Gasteiger partial charge in [-0.05, 0) is 25.5 Å². The monoisotopic (exact) mass is 353 g/mol. The van der Waals surface area contributed by atoms with Crippen LogP contribution in [0.2, 0.25) is 0 Å². The summed E-state index contributed by atoms with van der Waals surface area (Å²) in [5.74, 6) is 0.406. The Hall–Kier alpha value is -1.79. The van der Waals surface area contributed by atoms with Gasteiger partial charge in [-0.15, -0.1) is 12.4 Å². The minimum absolute atomic E-state index is 0. The molecule has 2 aliphatic rings. The predicted molar refractivity (Wildman–Crippen MR) is 94.5 cm³/mol. The molecule has 0 spiro atoms. The number of para-hydroxylation sites is 2. The van der Waals surface area contributed by atoms with Crippen molar-refractivity contribution in [1.29, 1.82) is 0 Å². The molecule has 2 amide bonds. The highest BCUT2D eigenvalue weighted by Crippen LogP contribution is 2.33. The number of likely N-dealkylation sites (tertiary alicyclic amines) is 1. The minimum Gasteiger partial charge on any atom is -0.492 e. The maximum Gasteiger partial charge on any atom is 0.228 e. The molecule has 1 aromatic carbocycles. The quantitative estimate of drug-likeness (QED) is 0.888. The van der Waals surface area contributed by atoms with Gasteiger partial charge in [-0.1, -0.05) is 12.1 Å². The van der Waals surface area contributed by atoms with E-state index in [1.807, 2.05) is 31.2 Å². The molecule has 0 bridgehead atoms. The van der Waals surface area contributed by atoms with Crippen molar-refractivity contribution in [3.63, 3.8) is 0 Å². The Morgan fingerprint density at radius 1 is 1.33 bits per heavy atom. The van der Waals surface area contributed by atoms with Gasteiger partial charge in [-0.2, -0.15) is 0 Å². The van der Waals surface area contributed by atoms with Crippen molar-refractivity contribution < 1.29 is 14.3 Å². The van der Waals surface area contributed by atoms with E-state index in [0.717, 1.165) is 12.1 Å². The average Bonchev–Trinajstić information content (AvgIpc) is 3.14. The summed E-state index contributed by atoms with van der Waals surface area (Å²) >= 11 is 0. The highest BCUT2D eigenvalue weighted by molar-refractivity contribution is 6.01. The number of carbonyl (C=O) groups is 2. The Bertz CT molecular complexity index is 610. The van der Waals surface area contributed by atoms with E-state index in [1.54, 1.807) is 9.80 Å². The van der Waals surface area contributed by atoms with Crippen LogP contribution < -0.4 is 15.4 Å². The van der Waals surface area contributed by atoms with E-state index in [4.69, 9.17) is 10.5 Å². The first-order chi connectivity index (χ1) is 11.1. The van der Waals surface area contributed by atoms with Gasteiger partial charge in [0.25, 0.3) is 0 Å². The summed E-state index contributed by atoms with van der Waals surface area (Å²) in [6.45, 7) is 4.14. The van der Waals surface area contributed by atoms with E-state index in [0.29, 0.717) is 32.0 Å².